The third-order valence-corrected chi connectivity index (χ3v) is 5.32. The fraction of sp³-hybridized carbons (Fsp3) is 0.368. The molecule has 2 aromatic rings. The zero-order chi connectivity index (χ0) is 17.2. The summed E-state index contributed by atoms with van der Waals surface area (Å²) in [6.45, 7) is 0. The number of carbonyl (C=O) groups is 1. The van der Waals surface area contributed by atoms with E-state index < -0.39 is 0 Å². The van der Waals surface area contributed by atoms with Crippen LogP contribution in [0.4, 0.5) is 10.5 Å². The summed E-state index contributed by atoms with van der Waals surface area (Å²) in [4.78, 5) is 18.7. The van der Waals surface area contributed by atoms with Crippen LogP contribution in [0.1, 0.15) is 25.7 Å². The van der Waals surface area contributed by atoms with Crippen LogP contribution in [0.2, 0.25) is 5.02 Å². The van der Waals surface area contributed by atoms with Gasteiger partial charge in [0.05, 0.1) is 10.7 Å². The summed E-state index contributed by atoms with van der Waals surface area (Å²) in [7, 11) is 0. The van der Waals surface area contributed by atoms with Gasteiger partial charge in [0, 0.05) is 37.3 Å². The van der Waals surface area contributed by atoms with Crippen molar-refractivity contribution in [3.05, 3.63) is 53.8 Å². The number of rotatable bonds is 3. The van der Waals surface area contributed by atoms with Crippen molar-refractivity contribution in [2.75, 3.05) is 5.32 Å². The van der Waals surface area contributed by atoms with E-state index in [0.717, 1.165) is 31.4 Å². The van der Waals surface area contributed by atoms with Crippen molar-refractivity contribution >= 4 is 23.3 Å². The lowest BCUT2D eigenvalue weighted by Gasteiger charge is -2.38. The van der Waals surface area contributed by atoms with Gasteiger partial charge in [-0.3, -0.25) is 4.98 Å². The van der Waals surface area contributed by atoms with Crippen LogP contribution in [-0.4, -0.2) is 34.1 Å². The number of hydrogen-bond acceptors (Lipinski definition) is 3. The number of ether oxygens (including phenoxy) is 1. The molecule has 3 heterocycles. The Morgan fingerprint density at radius 3 is 2.48 bits per heavy atom. The van der Waals surface area contributed by atoms with Crippen LogP contribution in [0.15, 0.2) is 48.8 Å². The minimum Gasteiger partial charge on any atom is -0.490 e. The van der Waals surface area contributed by atoms with Gasteiger partial charge in [0.25, 0.3) is 0 Å². The molecule has 1 aromatic heterocycles. The third kappa shape index (κ3) is 3.42. The Hall–Kier alpha value is -2.27. The highest BCUT2D eigenvalue weighted by atomic mass is 35.5. The highest BCUT2D eigenvalue weighted by Gasteiger charge is 2.44. The van der Waals surface area contributed by atoms with Crippen molar-refractivity contribution < 1.29 is 9.53 Å². The predicted octanol–water partition coefficient (Wildman–Crippen LogP) is 4.34. The number of carbonyl (C=O) groups excluding carboxylic acids is 1. The van der Waals surface area contributed by atoms with Gasteiger partial charge in [0.15, 0.2) is 0 Å². The smallest absolute Gasteiger partial charge is 0.322 e. The van der Waals surface area contributed by atoms with Gasteiger partial charge in [-0.2, -0.15) is 0 Å². The van der Waals surface area contributed by atoms with E-state index in [1.54, 1.807) is 18.5 Å². The van der Waals surface area contributed by atoms with Gasteiger partial charge < -0.3 is 15.0 Å². The van der Waals surface area contributed by atoms with Gasteiger partial charge in [-0.05, 0) is 37.1 Å². The van der Waals surface area contributed by atoms with E-state index >= 15 is 0 Å². The normalized spacial score (nSPS) is 24.8. The lowest BCUT2D eigenvalue weighted by Crippen LogP contribution is -2.50. The molecule has 2 unspecified atom stereocenters. The molecular formula is C19H20ClN3O2. The van der Waals surface area contributed by atoms with Crippen LogP contribution in [0.5, 0.6) is 5.75 Å². The van der Waals surface area contributed by atoms with Gasteiger partial charge >= 0.3 is 6.03 Å². The van der Waals surface area contributed by atoms with Crippen LogP contribution in [0, 0.1) is 0 Å². The summed E-state index contributed by atoms with van der Waals surface area (Å²) in [6.07, 6.45) is 7.37. The van der Waals surface area contributed by atoms with Crippen LogP contribution in [-0.2, 0) is 0 Å². The van der Waals surface area contributed by atoms with E-state index in [9.17, 15) is 4.79 Å². The number of piperidine rings is 1. The Morgan fingerprint density at radius 1 is 1.12 bits per heavy atom. The number of pyridine rings is 1. The number of aromatic nitrogens is 1. The van der Waals surface area contributed by atoms with Crippen LogP contribution in [0.3, 0.4) is 0 Å². The second kappa shape index (κ2) is 6.92. The van der Waals surface area contributed by atoms with Crippen LogP contribution >= 0.6 is 11.6 Å². The largest absolute Gasteiger partial charge is 0.490 e. The zero-order valence-electron chi connectivity index (χ0n) is 13.8. The Bertz CT molecular complexity index is 741. The van der Waals surface area contributed by atoms with Gasteiger partial charge in [-0.15, -0.1) is 0 Å². The Kier molecular flexibility index (Phi) is 4.49. The second-order valence-corrected chi connectivity index (χ2v) is 7.00. The molecule has 130 valence electrons. The first kappa shape index (κ1) is 16.2. The first-order valence-electron chi connectivity index (χ1n) is 8.61. The van der Waals surface area contributed by atoms with E-state index in [1.165, 1.54) is 0 Å². The van der Waals surface area contributed by atoms with Crippen molar-refractivity contribution in [1.29, 1.82) is 0 Å². The lowest BCUT2D eigenvalue weighted by atomic mass is 10.00. The van der Waals surface area contributed by atoms with E-state index in [1.807, 2.05) is 35.2 Å². The number of nitrogens with zero attached hydrogens (tertiary/aromatic N) is 2. The fourth-order valence-corrected chi connectivity index (χ4v) is 4.09. The number of anilines is 1. The van der Waals surface area contributed by atoms with Gasteiger partial charge in [-0.1, -0.05) is 23.7 Å². The predicted molar refractivity (Wildman–Crippen MR) is 97.0 cm³/mol. The maximum atomic E-state index is 12.8. The average molecular weight is 358 g/mol. The number of hydrogen-bond donors (Lipinski definition) is 1. The van der Waals surface area contributed by atoms with Crippen LogP contribution < -0.4 is 10.1 Å². The summed E-state index contributed by atoms with van der Waals surface area (Å²) >= 11 is 6.15. The monoisotopic (exact) mass is 357 g/mol. The number of nitrogens with one attached hydrogen (secondary N) is 1. The summed E-state index contributed by atoms with van der Waals surface area (Å²) < 4.78 is 6.08. The molecule has 4 rings (SSSR count). The number of fused-ring (bicyclic) bond motifs is 2. The SMILES string of the molecule is O=C(Nc1ccccc1Cl)N1C2CCC1CC(Oc1ccncc1)C2. The summed E-state index contributed by atoms with van der Waals surface area (Å²) in [6, 6.07) is 11.4. The summed E-state index contributed by atoms with van der Waals surface area (Å²) in [5.41, 5.74) is 0.656. The topological polar surface area (TPSA) is 54.5 Å². The first-order chi connectivity index (χ1) is 12.2. The molecule has 0 aliphatic carbocycles. The number of amides is 2. The minimum absolute atomic E-state index is 0.0667. The maximum absolute atomic E-state index is 12.8. The standard InChI is InChI=1S/C19H20ClN3O2/c20-17-3-1-2-4-18(17)22-19(24)23-13-5-6-14(23)12-16(11-13)25-15-7-9-21-10-8-15/h1-4,7-10,13-14,16H,5-6,11-12H2,(H,22,24). The minimum atomic E-state index is -0.0667. The van der Waals surface area contributed by atoms with Crippen molar-refractivity contribution in [3.8, 4) is 5.75 Å². The average Bonchev–Trinajstić information content (AvgIpc) is 2.89. The third-order valence-electron chi connectivity index (χ3n) is 4.99. The second-order valence-electron chi connectivity index (χ2n) is 6.60. The zero-order valence-corrected chi connectivity index (χ0v) is 14.5. The Labute approximate surface area is 152 Å². The molecule has 2 atom stereocenters. The van der Waals surface area contributed by atoms with Crippen molar-refractivity contribution in [1.82, 2.24) is 9.88 Å². The van der Waals surface area contributed by atoms with Crippen molar-refractivity contribution in [2.45, 2.75) is 43.9 Å². The van der Waals surface area contributed by atoms with E-state index in [0.29, 0.717) is 10.7 Å². The van der Waals surface area contributed by atoms with Crippen molar-refractivity contribution in [3.63, 3.8) is 0 Å². The molecule has 2 amide bonds. The number of urea groups is 1. The molecule has 2 aliphatic rings. The van der Waals surface area contributed by atoms with Gasteiger partial charge in [-0.25, -0.2) is 4.79 Å². The molecule has 2 bridgehead atoms. The maximum Gasteiger partial charge on any atom is 0.322 e. The molecule has 2 fully saturated rings. The van der Waals surface area contributed by atoms with E-state index in [-0.39, 0.29) is 24.2 Å². The van der Waals surface area contributed by atoms with Gasteiger partial charge in [0.2, 0.25) is 0 Å². The Morgan fingerprint density at radius 2 is 1.80 bits per heavy atom. The Balaban J connectivity index is 1.42. The highest BCUT2D eigenvalue weighted by Crippen LogP contribution is 2.38. The lowest BCUT2D eigenvalue weighted by molar-refractivity contribution is 0.0732. The molecule has 0 radical (unpaired) electrons. The molecule has 2 saturated heterocycles. The highest BCUT2D eigenvalue weighted by molar-refractivity contribution is 6.33. The van der Waals surface area contributed by atoms with Crippen molar-refractivity contribution in [2.24, 2.45) is 0 Å². The molecule has 0 spiro atoms. The quantitative estimate of drug-likeness (QED) is 0.888. The molecule has 2 aliphatic heterocycles. The summed E-state index contributed by atoms with van der Waals surface area (Å²) in [5.74, 6) is 0.841. The molecule has 1 aromatic carbocycles. The molecular weight excluding hydrogens is 338 g/mol. The number of para-hydroxylation sites is 1. The molecule has 0 saturated carbocycles. The number of halogens is 1. The van der Waals surface area contributed by atoms with Gasteiger partial charge in [0.1, 0.15) is 11.9 Å². The first-order valence-corrected chi connectivity index (χ1v) is 8.99. The van der Waals surface area contributed by atoms with E-state index in [4.69, 9.17) is 16.3 Å². The molecule has 1 N–H and O–H groups in total. The summed E-state index contributed by atoms with van der Waals surface area (Å²) in [5, 5.41) is 3.51. The van der Waals surface area contributed by atoms with E-state index in [2.05, 4.69) is 10.3 Å². The van der Waals surface area contributed by atoms with Crippen LogP contribution in [0.25, 0.3) is 0 Å². The molecule has 25 heavy (non-hydrogen) atoms. The number of benzene rings is 1. The molecule has 6 heteroatoms. The fourth-order valence-electron chi connectivity index (χ4n) is 3.91. The molecule has 5 nitrogen and oxygen atoms in total.